The summed E-state index contributed by atoms with van der Waals surface area (Å²) in [5, 5.41) is 14.4. The summed E-state index contributed by atoms with van der Waals surface area (Å²) in [7, 11) is 0. The molecular formula is C23H25N3O3. The fourth-order valence-corrected chi connectivity index (χ4v) is 3.61. The summed E-state index contributed by atoms with van der Waals surface area (Å²) >= 11 is 0. The van der Waals surface area contributed by atoms with Crippen molar-refractivity contribution in [1.82, 2.24) is 14.7 Å². The number of para-hydroxylation sites is 1. The summed E-state index contributed by atoms with van der Waals surface area (Å²) in [4.78, 5) is 14.9. The van der Waals surface area contributed by atoms with Gasteiger partial charge < -0.3 is 14.7 Å². The number of hydrogen-bond donors (Lipinski definition) is 1. The number of carbonyl (C=O) groups excluding carboxylic acids is 1. The number of aromatic hydroxyl groups is 1. The smallest absolute Gasteiger partial charge is 0.227 e. The largest absolute Gasteiger partial charge is 0.508 e. The van der Waals surface area contributed by atoms with Crippen LogP contribution in [0.4, 0.5) is 0 Å². The van der Waals surface area contributed by atoms with Gasteiger partial charge in [-0.05, 0) is 42.7 Å². The Balaban J connectivity index is 1.47. The van der Waals surface area contributed by atoms with E-state index in [9.17, 15) is 9.90 Å². The van der Waals surface area contributed by atoms with Crippen LogP contribution in [0.2, 0.25) is 0 Å². The first-order chi connectivity index (χ1) is 14.2. The average Bonchev–Trinajstić information content (AvgIpc) is 3.44. The molecule has 2 aromatic carbocycles. The lowest BCUT2D eigenvalue weighted by Gasteiger charge is -2.26. The van der Waals surface area contributed by atoms with Gasteiger partial charge >= 0.3 is 0 Å². The number of aromatic nitrogens is 2. The molecule has 1 aromatic heterocycles. The van der Waals surface area contributed by atoms with Gasteiger partial charge in [-0.2, -0.15) is 5.10 Å². The van der Waals surface area contributed by atoms with E-state index in [0.717, 1.165) is 36.3 Å². The van der Waals surface area contributed by atoms with Crippen molar-refractivity contribution in [3.05, 3.63) is 78.1 Å². The highest BCUT2D eigenvalue weighted by Gasteiger charge is 2.23. The van der Waals surface area contributed by atoms with Crippen molar-refractivity contribution in [2.24, 2.45) is 0 Å². The van der Waals surface area contributed by atoms with E-state index in [0.29, 0.717) is 19.5 Å². The molecule has 3 aromatic rings. The van der Waals surface area contributed by atoms with E-state index in [2.05, 4.69) is 5.10 Å². The lowest BCUT2D eigenvalue weighted by Crippen LogP contribution is -2.37. The van der Waals surface area contributed by atoms with Gasteiger partial charge in [-0.25, -0.2) is 4.68 Å². The highest BCUT2D eigenvalue weighted by molar-refractivity contribution is 5.79. The number of hydrogen-bond acceptors (Lipinski definition) is 4. The lowest BCUT2D eigenvalue weighted by molar-refractivity contribution is -0.132. The molecule has 1 atom stereocenters. The van der Waals surface area contributed by atoms with Crippen LogP contribution in [0.15, 0.2) is 67.0 Å². The first kappa shape index (κ1) is 19.2. The van der Waals surface area contributed by atoms with E-state index in [1.165, 1.54) is 0 Å². The Kier molecular flexibility index (Phi) is 5.91. The number of nitrogens with zero attached hydrogens (tertiary/aromatic N) is 3. The van der Waals surface area contributed by atoms with Gasteiger partial charge in [-0.1, -0.05) is 30.3 Å². The van der Waals surface area contributed by atoms with Gasteiger partial charge in [-0.3, -0.25) is 4.79 Å². The molecule has 1 unspecified atom stereocenters. The maximum atomic E-state index is 13.1. The minimum atomic E-state index is 0.0237. The molecule has 4 rings (SSSR count). The Bertz CT molecular complexity index is 932. The molecule has 6 heteroatoms. The van der Waals surface area contributed by atoms with Crippen molar-refractivity contribution in [2.75, 3.05) is 13.2 Å². The standard InChI is InChI=1S/C23H25N3O3/c27-22-7-2-1-5-19(22)16-25(17-21-6-3-14-29-21)23(28)15-18-8-10-20(11-9-18)26-13-4-12-24-26/h1-2,4-5,7-13,21,27H,3,6,14-17H2. The summed E-state index contributed by atoms with van der Waals surface area (Å²) in [6.07, 6.45) is 5.97. The van der Waals surface area contributed by atoms with E-state index in [1.54, 1.807) is 27.9 Å². The van der Waals surface area contributed by atoms with Crippen molar-refractivity contribution in [3.8, 4) is 11.4 Å². The monoisotopic (exact) mass is 391 g/mol. The molecule has 1 amide bonds. The third kappa shape index (κ3) is 4.84. The van der Waals surface area contributed by atoms with Gasteiger partial charge in [0.05, 0.1) is 18.2 Å². The topological polar surface area (TPSA) is 67.6 Å². The van der Waals surface area contributed by atoms with Crippen LogP contribution in [0.5, 0.6) is 5.75 Å². The molecule has 0 saturated carbocycles. The van der Waals surface area contributed by atoms with Crippen molar-refractivity contribution in [2.45, 2.75) is 31.9 Å². The number of carbonyl (C=O) groups is 1. The normalized spacial score (nSPS) is 16.1. The number of amides is 1. The highest BCUT2D eigenvalue weighted by Crippen LogP contribution is 2.21. The first-order valence-corrected chi connectivity index (χ1v) is 9.94. The molecule has 150 valence electrons. The van der Waals surface area contributed by atoms with E-state index < -0.39 is 0 Å². The molecule has 0 bridgehead atoms. The van der Waals surface area contributed by atoms with Crippen molar-refractivity contribution < 1.29 is 14.6 Å². The first-order valence-electron chi connectivity index (χ1n) is 9.94. The molecule has 1 aliphatic rings. The molecule has 0 spiro atoms. The highest BCUT2D eigenvalue weighted by atomic mass is 16.5. The quantitative estimate of drug-likeness (QED) is 0.671. The molecule has 0 aliphatic carbocycles. The summed E-state index contributed by atoms with van der Waals surface area (Å²) in [6.45, 7) is 1.66. The third-order valence-corrected chi connectivity index (χ3v) is 5.21. The van der Waals surface area contributed by atoms with Gasteiger partial charge in [0, 0.05) is 37.7 Å². The second-order valence-electron chi connectivity index (χ2n) is 7.33. The van der Waals surface area contributed by atoms with E-state index in [1.807, 2.05) is 48.7 Å². The Labute approximate surface area is 170 Å². The SMILES string of the molecule is O=C(Cc1ccc(-n2cccn2)cc1)N(Cc1ccccc1O)CC1CCCO1. The summed E-state index contributed by atoms with van der Waals surface area (Å²) in [5.41, 5.74) is 2.64. The number of phenols is 1. The Morgan fingerprint density at radius 2 is 2.00 bits per heavy atom. The fraction of sp³-hybridized carbons (Fsp3) is 0.304. The summed E-state index contributed by atoms with van der Waals surface area (Å²) in [6, 6.07) is 16.9. The number of benzene rings is 2. The minimum absolute atomic E-state index is 0.0237. The lowest BCUT2D eigenvalue weighted by atomic mass is 10.1. The van der Waals surface area contributed by atoms with Crippen LogP contribution < -0.4 is 0 Å². The van der Waals surface area contributed by atoms with Gasteiger partial charge in [-0.15, -0.1) is 0 Å². The molecule has 1 fully saturated rings. The summed E-state index contributed by atoms with van der Waals surface area (Å²) in [5.74, 6) is 0.233. The van der Waals surface area contributed by atoms with Crippen molar-refractivity contribution in [1.29, 1.82) is 0 Å². The van der Waals surface area contributed by atoms with Crippen LogP contribution in [-0.4, -0.2) is 44.9 Å². The Hall–Kier alpha value is -3.12. The maximum Gasteiger partial charge on any atom is 0.227 e. The number of rotatable bonds is 7. The van der Waals surface area contributed by atoms with Gasteiger partial charge in [0.2, 0.25) is 5.91 Å². The number of ether oxygens (including phenoxy) is 1. The van der Waals surface area contributed by atoms with Crippen LogP contribution in [0.3, 0.4) is 0 Å². The average molecular weight is 391 g/mol. The predicted octanol–water partition coefficient (Wildman–Crippen LogP) is 3.33. The zero-order valence-corrected chi connectivity index (χ0v) is 16.3. The predicted molar refractivity (Wildman–Crippen MR) is 110 cm³/mol. The van der Waals surface area contributed by atoms with Crippen LogP contribution in [0.25, 0.3) is 5.69 Å². The molecular weight excluding hydrogens is 366 g/mol. The molecule has 0 radical (unpaired) electrons. The van der Waals surface area contributed by atoms with Crippen LogP contribution >= 0.6 is 0 Å². The molecule has 6 nitrogen and oxygen atoms in total. The zero-order chi connectivity index (χ0) is 20.1. The molecule has 1 N–H and O–H groups in total. The van der Waals surface area contributed by atoms with Crippen molar-refractivity contribution in [3.63, 3.8) is 0 Å². The molecule has 1 saturated heterocycles. The van der Waals surface area contributed by atoms with Gasteiger partial charge in [0.25, 0.3) is 0 Å². The number of phenolic OH excluding ortho intramolecular Hbond substituents is 1. The van der Waals surface area contributed by atoms with Crippen LogP contribution in [0.1, 0.15) is 24.0 Å². The second-order valence-corrected chi connectivity index (χ2v) is 7.33. The van der Waals surface area contributed by atoms with Crippen molar-refractivity contribution >= 4 is 5.91 Å². The van der Waals surface area contributed by atoms with Crippen LogP contribution in [-0.2, 0) is 22.5 Å². The zero-order valence-electron chi connectivity index (χ0n) is 16.3. The third-order valence-electron chi connectivity index (χ3n) is 5.21. The fourth-order valence-electron chi connectivity index (χ4n) is 3.61. The van der Waals surface area contributed by atoms with E-state index in [4.69, 9.17) is 4.74 Å². The Morgan fingerprint density at radius 3 is 2.69 bits per heavy atom. The molecule has 29 heavy (non-hydrogen) atoms. The van der Waals surface area contributed by atoms with E-state index in [-0.39, 0.29) is 17.8 Å². The molecule has 1 aliphatic heterocycles. The van der Waals surface area contributed by atoms with E-state index >= 15 is 0 Å². The molecule has 2 heterocycles. The van der Waals surface area contributed by atoms with Gasteiger partial charge in [0.1, 0.15) is 5.75 Å². The van der Waals surface area contributed by atoms with Crippen LogP contribution in [0, 0.1) is 0 Å². The Morgan fingerprint density at radius 1 is 1.17 bits per heavy atom. The maximum absolute atomic E-state index is 13.1. The summed E-state index contributed by atoms with van der Waals surface area (Å²) < 4.78 is 7.53. The second kappa shape index (κ2) is 8.92. The minimum Gasteiger partial charge on any atom is -0.508 e. The van der Waals surface area contributed by atoms with Gasteiger partial charge in [0.15, 0.2) is 0 Å².